The van der Waals surface area contributed by atoms with Crippen molar-refractivity contribution in [2.24, 2.45) is 0 Å². The van der Waals surface area contributed by atoms with E-state index in [1.54, 1.807) is 30.3 Å². The second-order valence-electron chi connectivity index (χ2n) is 17.9. The van der Waals surface area contributed by atoms with Crippen LogP contribution < -0.4 is 21.3 Å². The lowest BCUT2D eigenvalue weighted by Crippen LogP contribution is -2.68. The second kappa shape index (κ2) is 11.2. The van der Waals surface area contributed by atoms with Gasteiger partial charge < -0.3 is 4.90 Å². The predicted molar refractivity (Wildman–Crippen MR) is 248 cm³/mol. The number of para-hydroxylation sites is 2. The Morgan fingerprint density at radius 3 is 1.56 bits per heavy atom. The minimum Gasteiger partial charge on any atom is -0.310 e. The van der Waals surface area contributed by atoms with E-state index in [0.717, 1.165) is 72.0 Å². The minimum absolute atomic E-state index is 0.0743. The first-order valence-electron chi connectivity index (χ1n) is 21.0. The lowest BCUT2D eigenvalue weighted by molar-refractivity contribution is 0.594. The molecular formula is C54H34BNO4S2. The first-order chi connectivity index (χ1) is 30.1. The molecule has 0 bridgehead atoms. The first kappa shape index (κ1) is 34.9. The maximum atomic E-state index is 14.9. The van der Waals surface area contributed by atoms with Gasteiger partial charge in [-0.05, 0) is 131 Å². The number of anilines is 3. The molecule has 1 aliphatic carbocycles. The second-order valence-corrected chi connectivity index (χ2v) is 21.7. The van der Waals surface area contributed by atoms with Crippen LogP contribution in [0.2, 0.25) is 0 Å². The van der Waals surface area contributed by atoms with E-state index in [-0.39, 0.29) is 25.0 Å². The SMILES string of the molecule is CC1(C)c2ccccc2N(c2cccc(-c3ccc4ccc5cccc6c5c4c3C63c4cccc5c4B4c6c3cccc6S(=O)(=O)c3cccc(c34)S5(=O)=O)c2)c2ccccc21. The third kappa shape index (κ3) is 3.82. The Morgan fingerprint density at radius 2 is 0.935 bits per heavy atom. The number of benzene rings is 9. The van der Waals surface area contributed by atoms with Crippen molar-refractivity contribution in [2.45, 2.75) is 44.3 Å². The topological polar surface area (TPSA) is 71.5 Å². The predicted octanol–water partition coefficient (Wildman–Crippen LogP) is 9.59. The van der Waals surface area contributed by atoms with Crippen LogP contribution in [0.15, 0.2) is 189 Å². The summed E-state index contributed by atoms with van der Waals surface area (Å²) in [6.07, 6.45) is 0. The van der Waals surface area contributed by atoms with Crippen molar-refractivity contribution in [3.63, 3.8) is 0 Å². The molecule has 0 saturated carbocycles. The van der Waals surface area contributed by atoms with Crippen LogP contribution in [0.25, 0.3) is 32.7 Å². The third-order valence-electron chi connectivity index (χ3n) is 14.8. The zero-order valence-electron chi connectivity index (χ0n) is 33.6. The Hall–Kier alpha value is -6.74. The molecule has 0 unspecified atom stereocenters. The largest absolute Gasteiger partial charge is 0.310 e. The van der Waals surface area contributed by atoms with Crippen molar-refractivity contribution in [3.8, 4) is 11.1 Å². The summed E-state index contributed by atoms with van der Waals surface area (Å²) in [6, 6.07) is 57.4. The summed E-state index contributed by atoms with van der Waals surface area (Å²) < 4.78 is 59.7. The average Bonchev–Trinajstić information content (AvgIpc) is 3.60. The van der Waals surface area contributed by atoms with E-state index in [1.165, 1.54) is 11.1 Å². The summed E-state index contributed by atoms with van der Waals surface area (Å²) in [6.45, 7) is 4.01. The van der Waals surface area contributed by atoms with Gasteiger partial charge in [-0.3, -0.25) is 0 Å². The summed E-state index contributed by atoms with van der Waals surface area (Å²) in [5.74, 6) is 0. The fourth-order valence-electron chi connectivity index (χ4n) is 12.5. The van der Waals surface area contributed by atoms with Gasteiger partial charge in [-0.1, -0.05) is 135 Å². The van der Waals surface area contributed by atoms with E-state index >= 15 is 0 Å². The molecular weight excluding hydrogens is 802 g/mol. The lowest BCUT2D eigenvalue weighted by atomic mass is 9.30. The molecule has 1 spiro atoms. The van der Waals surface area contributed by atoms with Crippen LogP contribution in [0.1, 0.15) is 47.2 Å². The molecule has 5 nitrogen and oxygen atoms in total. The highest BCUT2D eigenvalue weighted by atomic mass is 32.2. The van der Waals surface area contributed by atoms with Crippen LogP contribution >= 0.6 is 0 Å². The molecule has 4 heterocycles. The quantitative estimate of drug-likeness (QED) is 0.128. The molecule has 8 heteroatoms. The molecule has 0 saturated heterocycles. The number of rotatable bonds is 2. The van der Waals surface area contributed by atoms with E-state index in [0.29, 0.717) is 16.4 Å². The first-order valence-corrected chi connectivity index (χ1v) is 24.0. The van der Waals surface area contributed by atoms with Crippen molar-refractivity contribution in [1.82, 2.24) is 0 Å². The smallest absolute Gasteiger partial charge is 0.248 e. The van der Waals surface area contributed by atoms with Gasteiger partial charge in [0.05, 0.1) is 36.4 Å². The molecule has 0 radical (unpaired) electrons. The molecule has 0 fully saturated rings. The summed E-state index contributed by atoms with van der Waals surface area (Å²) in [7, 11) is -8.21. The van der Waals surface area contributed by atoms with Gasteiger partial charge in [-0.2, -0.15) is 0 Å². The Kier molecular flexibility index (Phi) is 6.31. The van der Waals surface area contributed by atoms with Gasteiger partial charge in [0, 0.05) is 11.1 Å². The molecule has 0 N–H and O–H groups in total. The van der Waals surface area contributed by atoms with Crippen molar-refractivity contribution in [2.75, 3.05) is 4.90 Å². The Bertz CT molecular complexity index is 3700. The summed E-state index contributed by atoms with van der Waals surface area (Å²) >= 11 is 0. The molecule has 0 atom stereocenters. The molecule has 0 aromatic heterocycles. The van der Waals surface area contributed by atoms with E-state index in [9.17, 15) is 16.8 Å². The third-order valence-corrected chi connectivity index (χ3v) is 18.6. The summed E-state index contributed by atoms with van der Waals surface area (Å²) in [4.78, 5) is 3.01. The molecule has 9 aromatic rings. The van der Waals surface area contributed by atoms with Gasteiger partial charge in [0.15, 0.2) is 0 Å². The molecule has 0 amide bonds. The van der Waals surface area contributed by atoms with Crippen LogP contribution in [0.3, 0.4) is 0 Å². The molecule has 9 aromatic carbocycles. The van der Waals surface area contributed by atoms with Crippen LogP contribution in [0, 0.1) is 0 Å². The molecule has 4 aliphatic heterocycles. The highest BCUT2D eigenvalue weighted by Gasteiger charge is 2.59. The lowest BCUT2D eigenvalue weighted by Gasteiger charge is -2.47. The number of nitrogens with zero attached hydrogens (tertiary/aromatic N) is 1. The Labute approximate surface area is 359 Å². The standard InChI is InChI=1S/C54H34BNO4S2/c1-53(2)36-15-3-5-20-41(36)56(42-21-6-4-16-37(42)53)34-14-7-13-33(30-34)35-29-28-32-27-26-31-12-8-17-38-47(31)48(32)49(35)54(38)39-18-9-22-43-50(39)55-51-40(54)19-10-23-44(51)62(59,60)46-25-11-24-45(52(46)55)61(43,57)58/h3-30H,1-2H3. The highest BCUT2D eigenvalue weighted by molar-refractivity contribution is 7.93. The van der Waals surface area contributed by atoms with Gasteiger partial charge in [-0.25, -0.2) is 16.8 Å². The average molecular weight is 836 g/mol. The van der Waals surface area contributed by atoms with Crippen molar-refractivity contribution >= 4 is 81.4 Å². The van der Waals surface area contributed by atoms with Crippen LogP contribution in [0.4, 0.5) is 17.1 Å². The van der Waals surface area contributed by atoms with Crippen LogP contribution in [-0.4, -0.2) is 23.5 Å². The van der Waals surface area contributed by atoms with E-state index in [2.05, 4.69) is 146 Å². The molecule has 62 heavy (non-hydrogen) atoms. The normalized spacial score (nSPS) is 17.6. The Morgan fingerprint density at radius 1 is 0.452 bits per heavy atom. The Balaban J connectivity index is 1.12. The molecule has 5 aliphatic rings. The van der Waals surface area contributed by atoms with Crippen molar-refractivity contribution in [1.29, 1.82) is 0 Å². The fourth-order valence-corrected chi connectivity index (χ4v) is 16.1. The minimum atomic E-state index is -4.10. The fraction of sp³-hybridized carbons (Fsp3) is 0.0741. The van der Waals surface area contributed by atoms with Crippen LogP contribution in [-0.2, 0) is 30.5 Å². The maximum absolute atomic E-state index is 14.9. The van der Waals surface area contributed by atoms with Gasteiger partial charge in [0.25, 0.3) is 0 Å². The maximum Gasteiger partial charge on any atom is 0.248 e. The highest BCUT2D eigenvalue weighted by Crippen LogP contribution is 2.60. The van der Waals surface area contributed by atoms with Gasteiger partial charge >= 0.3 is 0 Å². The van der Waals surface area contributed by atoms with Gasteiger partial charge in [0.2, 0.25) is 26.4 Å². The van der Waals surface area contributed by atoms with Crippen LogP contribution in [0.5, 0.6) is 0 Å². The van der Waals surface area contributed by atoms with Crippen molar-refractivity contribution in [3.05, 3.63) is 203 Å². The number of sulfone groups is 2. The number of hydrogen-bond donors (Lipinski definition) is 0. The monoisotopic (exact) mass is 835 g/mol. The van der Waals surface area contributed by atoms with E-state index in [1.807, 2.05) is 12.1 Å². The van der Waals surface area contributed by atoms with Gasteiger partial charge in [-0.15, -0.1) is 0 Å². The molecule has 294 valence electrons. The zero-order chi connectivity index (χ0) is 41.7. The molecule has 14 rings (SSSR count). The summed E-state index contributed by atoms with van der Waals surface area (Å²) in [5.41, 5.74) is 12.1. The van der Waals surface area contributed by atoms with Gasteiger partial charge in [0.1, 0.15) is 0 Å². The zero-order valence-corrected chi connectivity index (χ0v) is 35.3. The number of hydrogen-bond acceptors (Lipinski definition) is 5. The number of fused-ring (bicyclic) bond motifs is 6. The van der Waals surface area contributed by atoms with E-state index < -0.39 is 31.8 Å². The summed E-state index contributed by atoms with van der Waals surface area (Å²) in [5, 5.41) is 4.35. The van der Waals surface area contributed by atoms with Crippen molar-refractivity contribution < 1.29 is 16.8 Å². The van der Waals surface area contributed by atoms with E-state index in [4.69, 9.17) is 0 Å².